The van der Waals surface area contributed by atoms with Gasteiger partial charge in [0.25, 0.3) is 0 Å². The number of benzene rings is 2. The molecule has 2 aromatic rings. The molecule has 0 aliphatic rings. The van der Waals surface area contributed by atoms with Crippen LogP contribution in [0.2, 0.25) is 0 Å². The lowest BCUT2D eigenvalue weighted by Gasteiger charge is -2.25. The molecule has 2 aromatic carbocycles. The molecule has 0 unspecified atom stereocenters. The quantitative estimate of drug-likeness (QED) is 0.485. The van der Waals surface area contributed by atoms with E-state index in [0.29, 0.717) is 6.42 Å². The van der Waals surface area contributed by atoms with Crippen molar-refractivity contribution in [3.8, 4) is 0 Å². The number of Topliss-reactive ketones (excluding diaryl/α,β-unsaturated/α-hetero) is 1. The molecule has 0 atom stereocenters. The summed E-state index contributed by atoms with van der Waals surface area (Å²) in [5.41, 5.74) is 7.72. The highest BCUT2D eigenvalue weighted by atomic mass is 16.1. The number of carbonyl (C=O) groups is 1. The van der Waals surface area contributed by atoms with E-state index in [2.05, 4.69) is 71.0 Å². The molecule has 0 heterocycles. The molecule has 2 rings (SSSR count). The maximum absolute atomic E-state index is 12.2. The Hall–Kier alpha value is -1.89. The molecule has 26 heavy (non-hydrogen) atoms. The fraction of sp³-hybridized carbons (Fsp3) is 0.480. The molecule has 0 aliphatic heterocycles. The molecule has 0 bridgehead atoms. The minimum absolute atomic E-state index is 0.189. The van der Waals surface area contributed by atoms with Crippen molar-refractivity contribution in [3.05, 3.63) is 69.8 Å². The van der Waals surface area contributed by atoms with Crippen LogP contribution in [0.4, 0.5) is 0 Å². The molecule has 0 N–H and O–H groups in total. The maximum atomic E-state index is 12.2. The van der Waals surface area contributed by atoms with E-state index in [4.69, 9.17) is 0 Å². The molecular formula is C25H34O. The van der Waals surface area contributed by atoms with Gasteiger partial charge in [-0.25, -0.2) is 0 Å². The van der Waals surface area contributed by atoms with Crippen LogP contribution >= 0.6 is 0 Å². The second-order valence-electron chi connectivity index (χ2n) is 7.97. The first kappa shape index (κ1) is 20.4. The Morgan fingerprint density at radius 3 is 1.81 bits per heavy atom. The summed E-state index contributed by atoms with van der Waals surface area (Å²) in [7, 11) is 0. The SMILES string of the molecule is CCC(=O)c1cc(CC)cc(Cc2cc(CC)cc(C(C)(C)CC)c2)c1. The highest BCUT2D eigenvalue weighted by Gasteiger charge is 2.19. The summed E-state index contributed by atoms with van der Waals surface area (Å²) in [5.74, 6) is 0.233. The standard InChI is InChI=1S/C25H34O/c1-7-18-11-20(15-22(14-18)24(26)9-3)13-21-12-19(8-2)16-23(17-21)25(5,6)10-4/h11-12,14-17H,7-10,13H2,1-6H3. The highest BCUT2D eigenvalue weighted by Crippen LogP contribution is 2.29. The normalized spacial score (nSPS) is 11.6. The first-order valence-corrected chi connectivity index (χ1v) is 10.1. The third-order valence-electron chi connectivity index (χ3n) is 5.64. The van der Waals surface area contributed by atoms with Crippen LogP contribution in [-0.2, 0) is 24.7 Å². The Labute approximate surface area is 159 Å². The third kappa shape index (κ3) is 4.84. The summed E-state index contributed by atoms with van der Waals surface area (Å²) >= 11 is 0. The van der Waals surface area contributed by atoms with E-state index in [9.17, 15) is 4.79 Å². The van der Waals surface area contributed by atoms with Crippen LogP contribution in [-0.4, -0.2) is 5.78 Å². The van der Waals surface area contributed by atoms with Crippen molar-refractivity contribution >= 4 is 5.78 Å². The van der Waals surface area contributed by atoms with Crippen LogP contribution in [0.1, 0.15) is 92.6 Å². The van der Waals surface area contributed by atoms with E-state index in [1.165, 1.54) is 27.8 Å². The Morgan fingerprint density at radius 1 is 0.769 bits per heavy atom. The molecular weight excluding hydrogens is 316 g/mol. The van der Waals surface area contributed by atoms with Crippen LogP contribution in [0, 0.1) is 0 Å². The summed E-state index contributed by atoms with van der Waals surface area (Å²) in [6, 6.07) is 13.5. The van der Waals surface area contributed by atoms with E-state index in [0.717, 1.165) is 31.2 Å². The summed E-state index contributed by atoms with van der Waals surface area (Å²) in [6.07, 6.45) is 4.58. The number of hydrogen-bond donors (Lipinski definition) is 0. The smallest absolute Gasteiger partial charge is 0.162 e. The molecule has 0 saturated carbocycles. The molecule has 0 saturated heterocycles. The van der Waals surface area contributed by atoms with Crippen molar-refractivity contribution in [2.75, 3.05) is 0 Å². The number of hydrogen-bond acceptors (Lipinski definition) is 1. The minimum Gasteiger partial charge on any atom is -0.294 e. The molecule has 1 heteroatoms. The van der Waals surface area contributed by atoms with Crippen molar-refractivity contribution in [2.24, 2.45) is 0 Å². The fourth-order valence-electron chi connectivity index (χ4n) is 3.33. The molecule has 0 amide bonds. The van der Waals surface area contributed by atoms with Crippen LogP contribution in [0.15, 0.2) is 36.4 Å². The van der Waals surface area contributed by atoms with Crippen molar-refractivity contribution < 1.29 is 4.79 Å². The van der Waals surface area contributed by atoms with E-state index in [-0.39, 0.29) is 11.2 Å². The van der Waals surface area contributed by atoms with Crippen molar-refractivity contribution in [1.82, 2.24) is 0 Å². The lowest BCUT2D eigenvalue weighted by molar-refractivity contribution is 0.0988. The van der Waals surface area contributed by atoms with Gasteiger partial charge in [0.05, 0.1) is 0 Å². The lowest BCUT2D eigenvalue weighted by atomic mass is 9.80. The molecule has 0 radical (unpaired) electrons. The Kier molecular flexibility index (Phi) is 6.81. The van der Waals surface area contributed by atoms with Crippen LogP contribution in [0.5, 0.6) is 0 Å². The highest BCUT2D eigenvalue weighted by molar-refractivity contribution is 5.96. The third-order valence-corrected chi connectivity index (χ3v) is 5.64. The van der Waals surface area contributed by atoms with Crippen molar-refractivity contribution in [3.63, 3.8) is 0 Å². The molecule has 0 fully saturated rings. The fourth-order valence-corrected chi connectivity index (χ4v) is 3.33. The van der Waals surface area contributed by atoms with E-state index < -0.39 is 0 Å². The summed E-state index contributed by atoms with van der Waals surface area (Å²) in [4.78, 5) is 12.2. The number of carbonyl (C=O) groups excluding carboxylic acids is 1. The molecule has 0 aliphatic carbocycles. The van der Waals surface area contributed by atoms with E-state index >= 15 is 0 Å². The zero-order valence-corrected chi connectivity index (χ0v) is 17.4. The first-order valence-electron chi connectivity index (χ1n) is 10.1. The average molecular weight is 351 g/mol. The Morgan fingerprint density at radius 2 is 1.27 bits per heavy atom. The number of ketones is 1. The van der Waals surface area contributed by atoms with Gasteiger partial charge in [-0.05, 0) is 71.0 Å². The van der Waals surface area contributed by atoms with Gasteiger partial charge in [0, 0.05) is 12.0 Å². The van der Waals surface area contributed by atoms with Gasteiger partial charge in [0.15, 0.2) is 5.78 Å². The van der Waals surface area contributed by atoms with Gasteiger partial charge in [-0.1, -0.05) is 65.8 Å². The van der Waals surface area contributed by atoms with E-state index in [1.807, 2.05) is 6.92 Å². The lowest BCUT2D eigenvalue weighted by Crippen LogP contribution is -2.16. The van der Waals surface area contributed by atoms with E-state index in [1.54, 1.807) is 0 Å². The van der Waals surface area contributed by atoms with Crippen molar-refractivity contribution in [2.45, 2.75) is 79.1 Å². The van der Waals surface area contributed by atoms with Gasteiger partial charge >= 0.3 is 0 Å². The maximum Gasteiger partial charge on any atom is 0.162 e. The molecule has 0 spiro atoms. The summed E-state index contributed by atoms with van der Waals surface area (Å²) < 4.78 is 0. The largest absolute Gasteiger partial charge is 0.294 e. The number of aryl methyl sites for hydroxylation is 2. The first-order chi connectivity index (χ1) is 12.3. The average Bonchev–Trinajstić information content (AvgIpc) is 2.66. The Balaban J connectivity index is 2.44. The monoisotopic (exact) mass is 350 g/mol. The number of rotatable bonds is 8. The predicted octanol–water partition coefficient (Wildman–Crippen LogP) is 6.68. The van der Waals surface area contributed by atoms with Gasteiger partial charge in [0.1, 0.15) is 0 Å². The second kappa shape index (κ2) is 8.66. The summed E-state index contributed by atoms with van der Waals surface area (Å²) in [6.45, 7) is 13.2. The predicted molar refractivity (Wildman–Crippen MR) is 112 cm³/mol. The minimum atomic E-state index is 0.189. The van der Waals surface area contributed by atoms with Gasteiger partial charge in [-0.2, -0.15) is 0 Å². The molecule has 140 valence electrons. The van der Waals surface area contributed by atoms with Crippen LogP contribution < -0.4 is 0 Å². The topological polar surface area (TPSA) is 17.1 Å². The zero-order chi connectivity index (χ0) is 19.3. The van der Waals surface area contributed by atoms with Crippen molar-refractivity contribution in [1.29, 1.82) is 0 Å². The van der Waals surface area contributed by atoms with Gasteiger partial charge in [0.2, 0.25) is 0 Å². The van der Waals surface area contributed by atoms with Gasteiger partial charge in [-0.3, -0.25) is 4.79 Å². The van der Waals surface area contributed by atoms with Crippen LogP contribution in [0.3, 0.4) is 0 Å². The Bertz CT molecular complexity index is 768. The molecule has 0 aromatic heterocycles. The summed E-state index contributed by atoms with van der Waals surface area (Å²) in [5, 5.41) is 0. The molecule has 1 nitrogen and oxygen atoms in total. The zero-order valence-electron chi connectivity index (χ0n) is 17.4. The van der Waals surface area contributed by atoms with Gasteiger partial charge in [-0.15, -0.1) is 0 Å². The van der Waals surface area contributed by atoms with Crippen LogP contribution in [0.25, 0.3) is 0 Å². The second-order valence-corrected chi connectivity index (χ2v) is 7.97. The van der Waals surface area contributed by atoms with Gasteiger partial charge < -0.3 is 0 Å².